The lowest BCUT2D eigenvalue weighted by atomic mass is 9.83. The molecule has 5 atom stereocenters. The number of methoxy groups -OCH3 is 1. The molecule has 3 aromatic rings. The van der Waals surface area contributed by atoms with Crippen LogP contribution in [0, 0.1) is 6.92 Å². The van der Waals surface area contributed by atoms with Crippen molar-refractivity contribution in [3.05, 3.63) is 64.0 Å². The molecular formula is C24H26O7S. The molecule has 1 aromatic heterocycles. The number of aryl methyl sites for hydroxylation is 1. The topological polar surface area (TPSA) is 109 Å². The van der Waals surface area contributed by atoms with E-state index in [0.29, 0.717) is 12.0 Å². The predicted molar refractivity (Wildman–Crippen MR) is 119 cm³/mol. The average molecular weight is 459 g/mol. The molecule has 0 unspecified atom stereocenters. The van der Waals surface area contributed by atoms with Gasteiger partial charge in [0.15, 0.2) is 0 Å². The van der Waals surface area contributed by atoms with Crippen LogP contribution in [0.4, 0.5) is 0 Å². The highest BCUT2D eigenvalue weighted by Gasteiger charge is 2.67. The lowest BCUT2D eigenvalue weighted by molar-refractivity contribution is -0.329. The van der Waals surface area contributed by atoms with Gasteiger partial charge in [0.1, 0.15) is 29.7 Å². The monoisotopic (exact) mass is 458 g/mol. The smallest absolute Gasteiger partial charge is 0.225 e. The summed E-state index contributed by atoms with van der Waals surface area (Å²) in [5, 5.41) is 42.5. The van der Waals surface area contributed by atoms with Crippen LogP contribution in [0.1, 0.15) is 21.6 Å². The summed E-state index contributed by atoms with van der Waals surface area (Å²) < 4.78 is 18.5. The molecule has 0 amide bonds. The molecule has 2 fully saturated rings. The summed E-state index contributed by atoms with van der Waals surface area (Å²) in [6, 6.07) is 13.7. The Labute approximate surface area is 189 Å². The van der Waals surface area contributed by atoms with Crippen molar-refractivity contribution in [1.29, 1.82) is 0 Å². The first-order valence-corrected chi connectivity index (χ1v) is 11.3. The molecule has 2 bridgehead atoms. The Morgan fingerprint density at radius 2 is 1.94 bits per heavy atom. The Bertz CT molecular complexity index is 1160. The van der Waals surface area contributed by atoms with Crippen LogP contribution >= 0.6 is 11.3 Å². The molecule has 2 aliphatic rings. The Morgan fingerprint density at radius 3 is 2.69 bits per heavy atom. The number of aliphatic hydroxyl groups excluding tert-OH is 4. The van der Waals surface area contributed by atoms with Gasteiger partial charge < -0.3 is 34.6 Å². The fourth-order valence-electron chi connectivity index (χ4n) is 4.69. The predicted octanol–water partition coefficient (Wildman–Crippen LogP) is 1.84. The number of aliphatic hydroxyl groups is 4. The molecule has 0 aliphatic carbocycles. The summed E-state index contributed by atoms with van der Waals surface area (Å²) in [7, 11) is 1.66. The van der Waals surface area contributed by atoms with Crippen LogP contribution in [0.25, 0.3) is 10.1 Å². The second-order valence-electron chi connectivity index (χ2n) is 8.56. The van der Waals surface area contributed by atoms with Gasteiger partial charge in [-0.1, -0.05) is 18.2 Å². The zero-order chi connectivity index (χ0) is 22.7. The Kier molecular flexibility index (Phi) is 5.29. The van der Waals surface area contributed by atoms with Gasteiger partial charge in [-0.25, -0.2) is 0 Å². The fourth-order valence-corrected chi connectivity index (χ4v) is 5.80. The third kappa shape index (κ3) is 3.10. The van der Waals surface area contributed by atoms with E-state index in [4.69, 9.17) is 14.2 Å². The molecule has 7 nitrogen and oxygen atoms in total. The molecule has 4 N–H and O–H groups in total. The SMILES string of the molecule is COc1cccc2sc(Cc3cc([C@]45OC[C@](CO)(O4)[C@@H](O)[C@H](O)[C@H]5O)ccc3C)cc12. The molecule has 32 heavy (non-hydrogen) atoms. The van der Waals surface area contributed by atoms with Crippen molar-refractivity contribution in [2.75, 3.05) is 20.3 Å². The standard InChI is InChI=1S/C24H26O7S/c1-13-6-7-15(24-22(28)20(26)21(27)23(11-25,31-24)12-30-24)8-14(13)9-16-10-17-18(29-2)4-3-5-19(17)32-16/h3-8,10,20-22,25-28H,9,11-12H2,1-2H3/t20-,21-,22+,23-,24-/m0/s1. The van der Waals surface area contributed by atoms with Crippen molar-refractivity contribution in [3.63, 3.8) is 0 Å². The average Bonchev–Trinajstić information content (AvgIpc) is 3.39. The zero-order valence-electron chi connectivity index (χ0n) is 17.8. The number of thiophene rings is 1. The van der Waals surface area contributed by atoms with Gasteiger partial charge in [0.2, 0.25) is 5.79 Å². The lowest BCUT2D eigenvalue weighted by Gasteiger charge is -2.46. The van der Waals surface area contributed by atoms with Gasteiger partial charge in [-0.05, 0) is 42.3 Å². The second kappa shape index (κ2) is 7.78. The third-order valence-electron chi connectivity index (χ3n) is 6.64. The zero-order valence-corrected chi connectivity index (χ0v) is 18.6. The summed E-state index contributed by atoms with van der Waals surface area (Å²) >= 11 is 1.69. The van der Waals surface area contributed by atoms with Crippen molar-refractivity contribution in [2.24, 2.45) is 0 Å². The third-order valence-corrected chi connectivity index (χ3v) is 7.74. The maximum Gasteiger partial charge on any atom is 0.225 e. The number of hydrogen-bond donors (Lipinski definition) is 4. The lowest BCUT2D eigenvalue weighted by Crippen LogP contribution is -2.65. The molecule has 0 radical (unpaired) electrons. The number of benzene rings is 2. The molecule has 0 spiro atoms. The van der Waals surface area contributed by atoms with E-state index < -0.39 is 36.3 Å². The Balaban J connectivity index is 1.52. The number of fused-ring (bicyclic) bond motifs is 3. The highest BCUT2D eigenvalue weighted by molar-refractivity contribution is 7.19. The van der Waals surface area contributed by atoms with Gasteiger partial charge in [-0.3, -0.25) is 0 Å². The highest BCUT2D eigenvalue weighted by Crippen LogP contribution is 2.49. The van der Waals surface area contributed by atoms with Gasteiger partial charge >= 0.3 is 0 Å². The summed E-state index contributed by atoms with van der Waals surface area (Å²) in [6.07, 6.45) is -3.83. The summed E-state index contributed by atoms with van der Waals surface area (Å²) in [5.41, 5.74) is 1.13. The van der Waals surface area contributed by atoms with E-state index >= 15 is 0 Å². The molecule has 5 rings (SSSR count). The van der Waals surface area contributed by atoms with Gasteiger partial charge in [0.05, 0.1) is 20.3 Å². The molecule has 2 aromatic carbocycles. The molecule has 8 heteroatoms. The van der Waals surface area contributed by atoms with E-state index in [-0.39, 0.29) is 6.61 Å². The van der Waals surface area contributed by atoms with Crippen LogP contribution in [0.3, 0.4) is 0 Å². The van der Waals surface area contributed by atoms with Crippen LogP contribution in [-0.2, 0) is 21.7 Å². The van der Waals surface area contributed by atoms with E-state index in [1.54, 1.807) is 24.5 Å². The second-order valence-corrected chi connectivity index (χ2v) is 9.73. The van der Waals surface area contributed by atoms with E-state index in [0.717, 1.165) is 31.8 Å². The minimum atomic E-state index is -1.66. The highest BCUT2D eigenvalue weighted by atomic mass is 32.1. The minimum Gasteiger partial charge on any atom is -0.496 e. The summed E-state index contributed by atoms with van der Waals surface area (Å²) in [5.74, 6) is -0.826. The van der Waals surface area contributed by atoms with E-state index in [2.05, 4.69) is 12.1 Å². The first-order valence-electron chi connectivity index (χ1n) is 10.5. The quantitative estimate of drug-likeness (QED) is 0.462. The largest absolute Gasteiger partial charge is 0.496 e. The van der Waals surface area contributed by atoms with Crippen LogP contribution in [0.15, 0.2) is 42.5 Å². The summed E-state index contributed by atoms with van der Waals surface area (Å²) in [4.78, 5) is 1.15. The number of hydrogen-bond acceptors (Lipinski definition) is 8. The van der Waals surface area contributed by atoms with Crippen molar-refractivity contribution in [2.45, 2.75) is 43.0 Å². The number of ether oxygens (including phenoxy) is 3. The maximum absolute atomic E-state index is 10.8. The minimum absolute atomic E-state index is 0.141. The number of rotatable bonds is 5. The van der Waals surface area contributed by atoms with Crippen LogP contribution in [0.5, 0.6) is 5.75 Å². The van der Waals surface area contributed by atoms with Gasteiger partial charge in [0.25, 0.3) is 0 Å². The van der Waals surface area contributed by atoms with E-state index in [1.807, 2.05) is 31.2 Å². The maximum atomic E-state index is 10.8. The van der Waals surface area contributed by atoms with Crippen molar-refractivity contribution in [1.82, 2.24) is 0 Å². The van der Waals surface area contributed by atoms with Gasteiger partial charge in [-0.15, -0.1) is 11.3 Å². The molecule has 0 saturated carbocycles. The van der Waals surface area contributed by atoms with E-state index in [1.165, 1.54) is 0 Å². The van der Waals surface area contributed by atoms with Gasteiger partial charge in [-0.2, -0.15) is 0 Å². The fraction of sp³-hybridized carbons (Fsp3) is 0.417. The Hall–Kier alpha value is -2.04. The molecular weight excluding hydrogens is 432 g/mol. The normalized spacial score (nSPS) is 31.9. The Morgan fingerprint density at radius 1 is 1.12 bits per heavy atom. The van der Waals surface area contributed by atoms with Crippen molar-refractivity contribution < 1.29 is 34.6 Å². The molecule has 3 heterocycles. The molecule has 2 aliphatic heterocycles. The van der Waals surface area contributed by atoms with E-state index in [9.17, 15) is 20.4 Å². The van der Waals surface area contributed by atoms with Crippen LogP contribution < -0.4 is 4.74 Å². The van der Waals surface area contributed by atoms with Crippen LogP contribution in [-0.4, -0.2) is 64.7 Å². The first-order chi connectivity index (χ1) is 15.3. The molecule has 2 saturated heterocycles. The van der Waals surface area contributed by atoms with Gasteiger partial charge in [0, 0.05) is 26.9 Å². The van der Waals surface area contributed by atoms with Crippen molar-refractivity contribution in [3.8, 4) is 5.75 Å². The van der Waals surface area contributed by atoms with Crippen molar-refractivity contribution >= 4 is 21.4 Å². The molecule has 170 valence electrons. The van der Waals surface area contributed by atoms with Crippen LogP contribution in [0.2, 0.25) is 0 Å². The first kappa shape index (κ1) is 21.8. The summed E-state index contributed by atoms with van der Waals surface area (Å²) in [6.45, 7) is 1.33.